The van der Waals surface area contributed by atoms with Crippen LogP contribution in [-0.2, 0) is 13.8 Å². The molecule has 0 saturated heterocycles. The molecule has 1 aliphatic carbocycles. The Morgan fingerprint density at radius 3 is 2.41 bits per heavy atom. The molecule has 0 radical (unpaired) electrons. The van der Waals surface area contributed by atoms with Gasteiger partial charge in [0.1, 0.15) is 0 Å². The number of hydrogen-bond acceptors (Lipinski definition) is 3. The monoisotopic (exact) mass is 282 g/mol. The third-order valence-corrected chi connectivity index (χ3v) is 4.80. The van der Waals surface area contributed by atoms with Gasteiger partial charge in [-0.2, -0.15) is 0 Å². The van der Waals surface area contributed by atoms with Gasteiger partial charge in [-0.15, -0.1) is 0 Å². The molecule has 1 aliphatic rings. The van der Waals surface area contributed by atoms with Gasteiger partial charge in [0.25, 0.3) is 0 Å². The molecule has 3 nitrogen and oxygen atoms in total. The van der Waals surface area contributed by atoms with Crippen LogP contribution in [0.3, 0.4) is 0 Å². The maximum absolute atomic E-state index is 11.3. The van der Waals surface area contributed by atoms with Crippen molar-refractivity contribution < 1.29 is 13.2 Å². The molecule has 0 amide bonds. The maximum Gasteiger partial charge on any atom is 0.233 e. The van der Waals surface area contributed by atoms with Crippen LogP contribution in [0.25, 0.3) is 0 Å². The first-order chi connectivity index (χ1) is 7.87. The van der Waals surface area contributed by atoms with Crippen molar-refractivity contribution in [2.75, 3.05) is 12.4 Å². The van der Waals surface area contributed by atoms with E-state index in [9.17, 15) is 8.42 Å². The third kappa shape index (κ3) is 5.58. The highest BCUT2D eigenvalue weighted by molar-refractivity contribution is 8.13. The first kappa shape index (κ1) is 15.3. The number of halogens is 1. The van der Waals surface area contributed by atoms with Crippen LogP contribution in [-0.4, -0.2) is 26.9 Å². The summed E-state index contributed by atoms with van der Waals surface area (Å²) in [4.78, 5) is 0. The predicted molar refractivity (Wildman–Crippen MR) is 70.9 cm³/mol. The Bertz CT molecular complexity index is 321. The third-order valence-electron chi connectivity index (χ3n) is 3.51. The van der Waals surface area contributed by atoms with E-state index in [0.29, 0.717) is 6.61 Å². The molecular formula is C12H23ClO3S. The van der Waals surface area contributed by atoms with E-state index in [4.69, 9.17) is 15.4 Å². The quantitative estimate of drug-likeness (QED) is 0.673. The van der Waals surface area contributed by atoms with Gasteiger partial charge in [0.2, 0.25) is 9.05 Å². The zero-order valence-corrected chi connectivity index (χ0v) is 12.3. The van der Waals surface area contributed by atoms with Gasteiger partial charge in [0.05, 0.1) is 18.5 Å². The molecule has 0 aromatic rings. The summed E-state index contributed by atoms with van der Waals surface area (Å²) in [5.41, 5.74) is -0.234. The maximum atomic E-state index is 11.3. The highest BCUT2D eigenvalue weighted by Crippen LogP contribution is 2.40. The van der Waals surface area contributed by atoms with Gasteiger partial charge in [0, 0.05) is 16.1 Å². The summed E-state index contributed by atoms with van der Waals surface area (Å²) in [6.07, 6.45) is 6.30. The number of rotatable bonds is 7. The molecule has 1 saturated carbocycles. The molecule has 17 heavy (non-hydrogen) atoms. The summed E-state index contributed by atoms with van der Waals surface area (Å²) >= 11 is 0. The normalized spacial score (nSPS) is 21.6. The lowest BCUT2D eigenvalue weighted by atomic mass is 9.90. The standard InChI is InChI=1S/C12H23ClO3S/c1-3-6-11(2)16-9-12(7-4-5-8-12)10-17(13,14)15/h11H,3-10H2,1-2H3. The Hall–Kier alpha value is 0.200. The Balaban J connectivity index is 2.54. The molecule has 0 spiro atoms. The van der Waals surface area contributed by atoms with E-state index in [-0.39, 0.29) is 17.3 Å². The Labute approximate surface area is 109 Å². The molecule has 0 bridgehead atoms. The van der Waals surface area contributed by atoms with Gasteiger partial charge in [-0.1, -0.05) is 26.2 Å². The second kappa shape index (κ2) is 6.39. The van der Waals surface area contributed by atoms with Crippen LogP contribution in [0.4, 0.5) is 0 Å². The van der Waals surface area contributed by atoms with Crippen molar-refractivity contribution in [3.8, 4) is 0 Å². The molecule has 1 fully saturated rings. The highest BCUT2D eigenvalue weighted by atomic mass is 35.7. The van der Waals surface area contributed by atoms with E-state index >= 15 is 0 Å². The number of ether oxygens (including phenoxy) is 1. The molecular weight excluding hydrogens is 260 g/mol. The van der Waals surface area contributed by atoms with Crippen molar-refractivity contribution in [3.05, 3.63) is 0 Å². The molecule has 1 atom stereocenters. The van der Waals surface area contributed by atoms with E-state index in [0.717, 1.165) is 38.5 Å². The Morgan fingerprint density at radius 2 is 1.94 bits per heavy atom. The Kier molecular flexibility index (Phi) is 5.74. The molecule has 5 heteroatoms. The molecule has 0 N–H and O–H groups in total. The minimum atomic E-state index is -3.43. The molecule has 102 valence electrons. The average molecular weight is 283 g/mol. The van der Waals surface area contributed by atoms with Crippen LogP contribution in [0.5, 0.6) is 0 Å². The Morgan fingerprint density at radius 1 is 1.35 bits per heavy atom. The van der Waals surface area contributed by atoms with Gasteiger partial charge in [0.15, 0.2) is 0 Å². The fourth-order valence-corrected chi connectivity index (χ4v) is 4.43. The van der Waals surface area contributed by atoms with Gasteiger partial charge in [-0.25, -0.2) is 8.42 Å². The predicted octanol–water partition coefficient (Wildman–Crippen LogP) is 3.32. The van der Waals surface area contributed by atoms with E-state index in [1.807, 2.05) is 6.92 Å². The summed E-state index contributed by atoms with van der Waals surface area (Å²) in [7, 11) is 1.96. The van der Waals surface area contributed by atoms with E-state index in [1.54, 1.807) is 0 Å². The summed E-state index contributed by atoms with van der Waals surface area (Å²) in [5, 5.41) is 0. The first-order valence-corrected chi connectivity index (χ1v) is 8.89. The molecule has 0 aromatic heterocycles. The van der Waals surface area contributed by atoms with Gasteiger partial charge in [-0.3, -0.25) is 0 Å². The molecule has 0 heterocycles. The average Bonchev–Trinajstić information content (AvgIpc) is 2.62. The molecule has 1 rings (SSSR count). The smallest absolute Gasteiger partial charge is 0.233 e. The minimum Gasteiger partial charge on any atom is -0.378 e. The van der Waals surface area contributed by atoms with Crippen molar-refractivity contribution >= 4 is 19.7 Å². The second-order valence-electron chi connectivity index (χ2n) is 5.30. The van der Waals surface area contributed by atoms with Crippen molar-refractivity contribution in [3.63, 3.8) is 0 Å². The zero-order chi connectivity index (χ0) is 12.9. The van der Waals surface area contributed by atoms with Gasteiger partial charge >= 0.3 is 0 Å². The van der Waals surface area contributed by atoms with Crippen LogP contribution in [0.2, 0.25) is 0 Å². The van der Waals surface area contributed by atoms with E-state index < -0.39 is 9.05 Å². The SMILES string of the molecule is CCCC(C)OCC1(CS(=O)(=O)Cl)CCCC1. The van der Waals surface area contributed by atoms with Crippen LogP contribution in [0.15, 0.2) is 0 Å². The fraction of sp³-hybridized carbons (Fsp3) is 1.00. The van der Waals surface area contributed by atoms with Crippen LogP contribution >= 0.6 is 10.7 Å². The highest BCUT2D eigenvalue weighted by Gasteiger charge is 2.38. The van der Waals surface area contributed by atoms with Crippen LogP contribution in [0, 0.1) is 5.41 Å². The lowest BCUT2D eigenvalue weighted by molar-refractivity contribution is 0.00517. The van der Waals surface area contributed by atoms with Crippen molar-refractivity contribution in [2.45, 2.75) is 58.5 Å². The van der Waals surface area contributed by atoms with Crippen molar-refractivity contribution in [2.24, 2.45) is 5.41 Å². The van der Waals surface area contributed by atoms with Gasteiger partial charge < -0.3 is 4.74 Å². The van der Waals surface area contributed by atoms with Crippen molar-refractivity contribution in [1.82, 2.24) is 0 Å². The van der Waals surface area contributed by atoms with Crippen LogP contribution < -0.4 is 0 Å². The summed E-state index contributed by atoms with van der Waals surface area (Å²) in [5.74, 6) is 0.0560. The lowest BCUT2D eigenvalue weighted by Crippen LogP contribution is -2.32. The molecule has 1 unspecified atom stereocenters. The summed E-state index contributed by atoms with van der Waals surface area (Å²) in [6.45, 7) is 4.69. The largest absolute Gasteiger partial charge is 0.378 e. The van der Waals surface area contributed by atoms with Crippen LogP contribution in [0.1, 0.15) is 52.4 Å². The lowest BCUT2D eigenvalue weighted by Gasteiger charge is -2.28. The second-order valence-corrected chi connectivity index (χ2v) is 8.08. The zero-order valence-electron chi connectivity index (χ0n) is 10.7. The minimum absolute atomic E-state index is 0.0560. The summed E-state index contributed by atoms with van der Waals surface area (Å²) in [6, 6.07) is 0. The van der Waals surface area contributed by atoms with Gasteiger partial charge in [-0.05, 0) is 26.2 Å². The van der Waals surface area contributed by atoms with Crippen molar-refractivity contribution in [1.29, 1.82) is 0 Å². The van der Waals surface area contributed by atoms with E-state index in [1.165, 1.54) is 0 Å². The summed E-state index contributed by atoms with van der Waals surface area (Å²) < 4.78 is 28.3. The molecule has 0 aliphatic heterocycles. The number of hydrogen-bond donors (Lipinski definition) is 0. The fourth-order valence-electron chi connectivity index (χ4n) is 2.63. The molecule has 0 aromatic carbocycles. The van der Waals surface area contributed by atoms with E-state index in [2.05, 4.69) is 6.92 Å². The first-order valence-electron chi connectivity index (χ1n) is 6.41. The topological polar surface area (TPSA) is 43.4 Å².